The van der Waals surface area contributed by atoms with Gasteiger partial charge in [0.1, 0.15) is 18.8 Å². The first-order chi connectivity index (χ1) is 11.5. The Morgan fingerprint density at radius 3 is 2.46 bits per heavy atom. The number of carbonyl (C=O) groups excluding carboxylic acids is 2. The molecule has 1 aromatic carbocycles. The number of ether oxygens (including phenoxy) is 3. The molecule has 1 N–H and O–H groups in total. The van der Waals surface area contributed by atoms with Gasteiger partial charge in [-0.3, -0.25) is 9.59 Å². The van der Waals surface area contributed by atoms with Crippen molar-refractivity contribution in [1.82, 2.24) is 5.32 Å². The van der Waals surface area contributed by atoms with E-state index in [-0.39, 0.29) is 36.6 Å². The molecule has 24 heavy (non-hydrogen) atoms. The zero-order valence-corrected chi connectivity index (χ0v) is 14.4. The van der Waals surface area contributed by atoms with Crippen molar-refractivity contribution in [3.05, 3.63) is 35.9 Å². The van der Waals surface area contributed by atoms with E-state index in [9.17, 15) is 9.59 Å². The Hall–Kier alpha value is -1.92. The summed E-state index contributed by atoms with van der Waals surface area (Å²) in [4.78, 5) is 22.6. The Bertz CT molecular complexity index is 548. The van der Waals surface area contributed by atoms with Crippen LogP contribution in [0, 0.1) is 5.92 Å². The number of hydrogen-bond donors (Lipinski definition) is 1. The van der Waals surface area contributed by atoms with E-state index >= 15 is 0 Å². The Balaban J connectivity index is 2.10. The average molecular weight is 335 g/mol. The van der Waals surface area contributed by atoms with Crippen LogP contribution in [0.5, 0.6) is 0 Å². The van der Waals surface area contributed by atoms with Crippen molar-refractivity contribution < 1.29 is 23.8 Å². The third-order valence-corrected chi connectivity index (χ3v) is 4.04. The maximum Gasteiger partial charge on any atom is 0.303 e. The zero-order valence-electron chi connectivity index (χ0n) is 14.4. The lowest BCUT2D eigenvalue weighted by atomic mass is 9.90. The molecule has 0 amide bonds. The number of piperidine rings is 1. The molecular weight excluding hydrogens is 310 g/mol. The molecule has 6 heteroatoms. The molecule has 1 heterocycles. The number of rotatable bonds is 6. The fourth-order valence-corrected chi connectivity index (χ4v) is 2.84. The summed E-state index contributed by atoms with van der Waals surface area (Å²) >= 11 is 0. The van der Waals surface area contributed by atoms with Gasteiger partial charge in [0, 0.05) is 26.3 Å². The van der Waals surface area contributed by atoms with Gasteiger partial charge in [0.25, 0.3) is 0 Å². The summed E-state index contributed by atoms with van der Waals surface area (Å²) in [6, 6.07) is 9.56. The van der Waals surface area contributed by atoms with Crippen molar-refractivity contribution in [1.29, 1.82) is 0 Å². The van der Waals surface area contributed by atoms with Crippen molar-refractivity contribution in [3.8, 4) is 0 Å². The van der Waals surface area contributed by atoms with Crippen LogP contribution in [-0.2, 0) is 30.4 Å². The summed E-state index contributed by atoms with van der Waals surface area (Å²) in [5.41, 5.74) is 1.03. The van der Waals surface area contributed by atoms with Gasteiger partial charge in [0.05, 0.1) is 12.6 Å². The third kappa shape index (κ3) is 5.32. The molecule has 1 aliphatic heterocycles. The van der Waals surface area contributed by atoms with Crippen LogP contribution in [0.3, 0.4) is 0 Å². The maximum atomic E-state index is 11.5. The topological polar surface area (TPSA) is 73.9 Å². The molecule has 1 saturated heterocycles. The highest BCUT2D eigenvalue weighted by Crippen LogP contribution is 2.23. The summed E-state index contributed by atoms with van der Waals surface area (Å²) < 4.78 is 16.7. The fourth-order valence-electron chi connectivity index (χ4n) is 2.84. The van der Waals surface area contributed by atoms with Crippen LogP contribution in [0.2, 0.25) is 0 Å². The highest BCUT2D eigenvalue weighted by Gasteiger charge is 2.41. The fraction of sp³-hybridized carbons (Fsp3) is 0.556. The number of esters is 2. The quantitative estimate of drug-likeness (QED) is 0.797. The van der Waals surface area contributed by atoms with Gasteiger partial charge < -0.3 is 19.5 Å². The van der Waals surface area contributed by atoms with E-state index in [2.05, 4.69) is 5.32 Å². The second kappa shape index (κ2) is 8.80. The molecule has 1 aliphatic rings. The van der Waals surface area contributed by atoms with E-state index in [0.29, 0.717) is 13.2 Å². The maximum absolute atomic E-state index is 11.5. The zero-order chi connectivity index (χ0) is 17.5. The van der Waals surface area contributed by atoms with E-state index in [1.807, 2.05) is 37.3 Å². The first-order valence-electron chi connectivity index (χ1n) is 8.17. The number of nitrogens with one attached hydrogen (secondary N) is 1. The molecule has 0 aliphatic carbocycles. The second-order valence-corrected chi connectivity index (χ2v) is 6.13. The van der Waals surface area contributed by atoms with E-state index in [1.165, 1.54) is 13.8 Å². The van der Waals surface area contributed by atoms with E-state index in [1.54, 1.807) is 0 Å². The predicted molar refractivity (Wildman–Crippen MR) is 88.2 cm³/mol. The van der Waals surface area contributed by atoms with E-state index in [0.717, 1.165) is 5.56 Å². The van der Waals surface area contributed by atoms with Gasteiger partial charge >= 0.3 is 11.9 Å². The van der Waals surface area contributed by atoms with Gasteiger partial charge in [-0.15, -0.1) is 0 Å². The van der Waals surface area contributed by atoms with Crippen molar-refractivity contribution in [3.63, 3.8) is 0 Å². The Morgan fingerprint density at radius 1 is 1.12 bits per heavy atom. The van der Waals surface area contributed by atoms with Crippen molar-refractivity contribution in [2.24, 2.45) is 5.92 Å². The number of carbonyl (C=O) groups is 2. The third-order valence-electron chi connectivity index (χ3n) is 4.04. The van der Waals surface area contributed by atoms with E-state index < -0.39 is 6.10 Å². The number of hydrogen-bond acceptors (Lipinski definition) is 6. The lowest BCUT2D eigenvalue weighted by molar-refractivity contribution is -0.172. The normalized spacial score (nSPS) is 26.6. The van der Waals surface area contributed by atoms with Crippen molar-refractivity contribution in [2.75, 3.05) is 13.2 Å². The SMILES string of the molecule is CC(=O)OCC1NCC(C)C(OC(C)=O)C1OCc1ccccc1. The Labute approximate surface area is 142 Å². The van der Waals surface area contributed by atoms with Crippen LogP contribution >= 0.6 is 0 Å². The molecule has 6 nitrogen and oxygen atoms in total. The highest BCUT2D eigenvalue weighted by atomic mass is 16.6. The van der Waals surface area contributed by atoms with Gasteiger partial charge in [-0.05, 0) is 5.56 Å². The molecule has 0 aromatic heterocycles. The van der Waals surface area contributed by atoms with Gasteiger partial charge in [-0.25, -0.2) is 0 Å². The molecule has 0 radical (unpaired) electrons. The Morgan fingerprint density at radius 2 is 1.83 bits per heavy atom. The second-order valence-electron chi connectivity index (χ2n) is 6.13. The molecule has 4 atom stereocenters. The smallest absolute Gasteiger partial charge is 0.303 e. The van der Waals surface area contributed by atoms with Gasteiger partial charge in [-0.2, -0.15) is 0 Å². The van der Waals surface area contributed by atoms with Gasteiger partial charge in [-0.1, -0.05) is 37.3 Å². The molecule has 0 saturated carbocycles. The standard InChI is InChI=1S/C18H25NO5/c1-12-9-19-16(11-22-13(2)20)18(17(12)24-14(3)21)23-10-15-7-5-4-6-8-15/h4-8,12,16-19H,9-11H2,1-3H3. The Kier molecular flexibility index (Phi) is 6.75. The summed E-state index contributed by atoms with van der Waals surface area (Å²) in [6.07, 6.45) is -0.773. The predicted octanol–water partition coefficient (Wildman–Crippen LogP) is 1.67. The van der Waals surface area contributed by atoms with Crippen molar-refractivity contribution >= 4 is 11.9 Å². The summed E-state index contributed by atoms with van der Waals surface area (Å²) in [5, 5.41) is 3.32. The lowest BCUT2D eigenvalue weighted by Gasteiger charge is -2.41. The van der Waals surface area contributed by atoms with Gasteiger partial charge in [0.15, 0.2) is 0 Å². The summed E-state index contributed by atoms with van der Waals surface area (Å²) in [6.45, 7) is 6.00. The van der Waals surface area contributed by atoms with Crippen LogP contribution in [0.25, 0.3) is 0 Å². The molecule has 0 spiro atoms. The van der Waals surface area contributed by atoms with Crippen LogP contribution in [0.15, 0.2) is 30.3 Å². The molecular formula is C18H25NO5. The monoisotopic (exact) mass is 335 g/mol. The summed E-state index contributed by atoms with van der Waals surface area (Å²) in [5.74, 6) is -0.585. The minimum absolute atomic E-state index is 0.100. The molecule has 1 aromatic rings. The first kappa shape index (κ1) is 18.4. The number of benzene rings is 1. The molecule has 4 unspecified atom stereocenters. The highest BCUT2D eigenvalue weighted by molar-refractivity contribution is 5.66. The minimum atomic E-state index is -0.391. The van der Waals surface area contributed by atoms with Crippen LogP contribution in [0.4, 0.5) is 0 Å². The molecule has 1 fully saturated rings. The summed E-state index contributed by atoms with van der Waals surface area (Å²) in [7, 11) is 0. The van der Waals surface area contributed by atoms with Crippen LogP contribution in [0.1, 0.15) is 26.3 Å². The van der Waals surface area contributed by atoms with Gasteiger partial charge in [0.2, 0.25) is 0 Å². The largest absolute Gasteiger partial charge is 0.464 e. The van der Waals surface area contributed by atoms with Crippen LogP contribution in [-0.4, -0.2) is 43.3 Å². The van der Waals surface area contributed by atoms with Crippen molar-refractivity contribution in [2.45, 2.75) is 45.6 Å². The molecule has 2 rings (SSSR count). The van der Waals surface area contributed by atoms with E-state index in [4.69, 9.17) is 14.2 Å². The van der Waals surface area contributed by atoms with Crippen LogP contribution < -0.4 is 5.32 Å². The lowest BCUT2D eigenvalue weighted by Crippen LogP contribution is -2.60. The average Bonchev–Trinajstić information content (AvgIpc) is 2.54. The molecule has 132 valence electrons. The first-order valence-corrected chi connectivity index (χ1v) is 8.17. The minimum Gasteiger partial charge on any atom is -0.464 e. The molecule has 0 bridgehead atoms.